The average molecular weight is 310 g/mol. The zero-order valence-electron chi connectivity index (χ0n) is 13.0. The Morgan fingerprint density at radius 2 is 2.13 bits per heavy atom. The fraction of sp³-hybridized carbons (Fsp3) is 0.222. The topological polar surface area (TPSA) is 82.3 Å². The third-order valence-corrected chi connectivity index (χ3v) is 3.44. The van der Waals surface area contributed by atoms with Gasteiger partial charge in [-0.2, -0.15) is 5.26 Å². The van der Waals surface area contributed by atoms with Crippen LogP contribution >= 0.6 is 0 Å². The van der Waals surface area contributed by atoms with Gasteiger partial charge in [0.05, 0.1) is 13.2 Å². The summed E-state index contributed by atoms with van der Waals surface area (Å²) in [4.78, 5) is 12.3. The van der Waals surface area contributed by atoms with Crippen LogP contribution in [0.1, 0.15) is 11.1 Å². The molecule has 0 aliphatic carbocycles. The highest BCUT2D eigenvalue weighted by Gasteiger charge is 2.19. The van der Waals surface area contributed by atoms with Crippen LogP contribution in [0, 0.1) is 24.2 Å². The number of aromatic hydroxyl groups is 1. The second-order valence-electron chi connectivity index (χ2n) is 5.25. The van der Waals surface area contributed by atoms with Crippen molar-refractivity contribution in [2.75, 3.05) is 12.4 Å². The number of methoxy groups -OCH3 is 1. The minimum absolute atomic E-state index is 0.0222. The van der Waals surface area contributed by atoms with Crippen LogP contribution in [0.2, 0.25) is 0 Å². The lowest BCUT2D eigenvalue weighted by atomic mass is 9.99. The zero-order valence-corrected chi connectivity index (χ0v) is 13.0. The number of nitrogens with zero attached hydrogens (tertiary/aromatic N) is 1. The first-order valence-electron chi connectivity index (χ1n) is 7.16. The molecule has 5 nitrogen and oxygen atoms in total. The predicted octanol–water partition coefficient (Wildman–Crippen LogP) is 3.03. The number of ether oxygens (including phenoxy) is 1. The van der Waals surface area contributed by atoms with Gasteiger partial charge in [-0.15, -0.1) is 0 Å². The van der Waals surface area contributed by atoms with Crippen LogP contribution in [0.5, 0.6) is 11.5 Å². The third-order valence-electron chi connectivity index (χ3n) is 3.44. The van der Waals surface area contributed by atoms with Gasteiger partial charge in [0.25, 0.3) is 0 Å². The van der Waals surface area contributed by atoms with Gasteiger partial charge in [-0.1, -0.05) is 18.2 Å². The largest absolute Gasteiger partial charge is 0.504 e. The van der Waals surface area contributed by atoms with Crippen molar-refractivity contribution in [3.8, 4) is 17.6 Å². The van der Waals surface area contributed by atoms with E-state index in [-0.39, 0.29) is 18.1 Å². The van der Waals surface area contributed by atoms with Crippen molar-refractivity contribution in [3.63, 3.8) is 0 Å². The van der Waals surface area contributed by atoms with Crippen molar-refractivity contribution in [2.24, 2.45) is 5.92 Å². The molecule has 2 aromatic carbocycles. The minimum atomic E-state index is -0.829. The van der Waals surface area contributed by atoms with Crippen LogP contribution in [0.15, 0.2) is 42.5 Å². The summed E-state index contributed by atoms with van der Waals surface area (Å²) >= 11 is 0. The summed E-state index contributed by atoms with van der Waals surface area (Å²) in [6.07, 6.45) is 0.241. The summed E-state index contributed by atoms with van der Waals surface area (Å²) in [6, 6.07) is 14.2. The quantitative estimate of drug-likeness (QED) is 0.889. The summed E-state index contributed by atoms with van der Waals surface area (Å²) in [5, 5.41) is 21.6. The van der Waals surface area contributed by atoms with Crippen molar-refractivity contribution in [1.82, 2.24) is 0 Å². The standard InChI is InChI=1S/C18H18N2O3/c1-12-4-3-5-15(8-12)20-18(22)14(11-19)9-13-6-7-16(21)17(10-13)23-2/h3-8,10,14,21H,9H2,1-2H3,(H,20,22)/t14-/m1/s1. The number of carbonyl (C=O) groups excluding carboxylic acids is 1. The molecule has 0 saturated heterocycles. The number of rotatable bonds is 5. The Morgan fingerprint density at radius 3 is 2.78 bits per heavy atom. The molecule has 1 amide bonds. The summed E-state index contributed by atoms with van der Waals surface area (Å²) in [5.74, 6) is -0.845. The van der Waals surface area contributed by atoms with Gasteiger partial charge in [-0.05, 0) is 48.7 Å². The molecule has 0 unspecified atom stereocenters. The number of phenolic OH excluding ortho intramolecular Hbond substituents is 1. The maximum Gasteiger partial charge on any atom is 0.242 e. The average Bonchev–Trinajstić information content (AvgIpc) is 2.53. The SMILES string of the molecule is COc1cc(C[C@H](C#N)C(=O)Nc2cccc(C)c2)ccc1O. The van der Waals surface area contributed by atoms with Gasteiger partial charge in [0.15, 0.2) is 11.5 Å². The Bertz CT molecular complexity index is 750. The molecule has 0 bridgehead atoms. The van der Waals surface area contributed by atoms with E-state index in [2.05, 4.69) is 5.32 Å². The Hall–Kier alpha value is -3.00. The molecule has 0 aliphatic rings. The highest BCUT2D eigenvalue weighted by molar-refractivity contribution is 5.94. The second-order valence-corrected chi connectivity index (χ2v) is 5.25. The molecule has 2 N–H and O–H groups in total. The number of nitriles is 1. The summed E-state index contributed by atoms with van der Waals surface area (Å²) < 4.78 is 5.04. The van der Waals surface area contributed by atoms with Crippen molar-refractivity contribution >= 4 is 11.6 Å². The maximum atomic E-state index is 12.3. The first kappa shape index (κ1) is 16.4. The monoisotopic (exact) mass is 310 g/mol. The van der Waals surface area contributed by atoms with E-state index in [1.165, 1.54) is 13.2 Å². The molecule has 2 rings (SSSR count). The number of amides is 1. The molecule has 2 aromatic rings. The van der Waals surface area contributed by atoms with Crippen molar-refractivity contribution in [2.45, 2.75) is 13.3 Å². The molecule has 5 heteroatoms. The molecule has 1 atom stereocenters. The van der Waals surface area contributed by atoms with E-state index in [0.29, 0.717) is 11.4 Å². The van der Waals surface area contributed by atoms with Gasteiger partial charge in [0.1, 0.15) is 5.92 Å². The number of phenols is 1. The minimum Gasteiger partial charge on any atom is -0.504 e. The van der Waals surface area contributed by atoms with Crippen molar-refractivity contribution in [3.05, 3.63) is 53.6 Å². The fourth-order valence-corrected chi connectivity index (χ4v) is 2.23. The first-order valence-corrected chi connectivity index (χ1v) is 7.16. The first-order chi connectivity index (χ1) is 11.0. The van der Waals surface area contributed by atoms with Crippen LogP contribution in [0.4, 0.5) is 5.69 Å². The maximum absolute atomic E-state index is 12.3. The molecule has 23 heavy (non-hydrogen) atoms. The molecule has 0 fully saturated rings. The lowest BCUT2D eigenvalue weighted by Gasteiger charge is -2.12. The van der Waals surface area contributed by atoms with Gasteiger partial charge < -0.3 is 15.2 Å². The number of carbonyl (C=O) groups is 1. The van der Waals surface area contributed by atoms with Crippen LogP contribution in [-0.4, -0.2) is 18.1 Å². The molecule has 118 valence electrons. The molecule has 0 spiro atoms. The lowest BCUT2D eigenvalue weighted by molar-refractivity contribution is -0.118. The highest BCUT2D eigenvalue weighted by Crippen LogP contribution is 2.27. The van der Waals surface area contributed by atoms with Crippen LogP contribution in [-0.2, 0) is 11.2 Å². The predicted molar refractivity (Wildman–Crippen MR) is 87.3 cm³/mol. The van der Waals surface area contributed by atoms with Crippen LogP contribution in [0.25, 0.3) is 0 Å². The number of hydrogen-bond acceptors (Lipinski definition) is 4. The normalized spacial score (nSPS) is 11.3. The number of hydrogen-bond donors (Lipinski definition) is 2. The van der Waals surface area contributed by atoms with E-state index in [1.54, 1.807) is 18.2 Å². The molecular weight excluding hydrogens is 292 g/mol. The lowest BCUT2D eigenvalue weighted by Crippen LogP contribution is -2.23. The molecule has 0 radical (unpaired) electrons. The van der Waals surface area contributed by atoms with Gasteiger partial charge in [0.2, 0.25) is 5.91 Å². The zero-order chi connectivity index (χ0) is 16.8. The van der Waals surface area contributed by atoms with E-state index in [0.717, 1.165) is 11.1 Å². The fourth-order valence-electron chi connectivity index (χ4n) is 2.23. The summed E-state index contributed by atoms with van der Waals surface area (Å²) in [5.41, 5.74) is 2.43. The van der Waals surface area contributed by atoms with Crippen LogP contribution < -0.4 is 10.1 Å². The number of benzene rings is 2. The van der Waals surface area contributed by atoms with E-state index < -0.39 is 5.92 Å². The van der Waals surface area contributed by atoms with E-state index in [1.807, 2.05) is 31.2 Å². The van der Waals surface area contributed by atoms with Gasteiger partial charge in [0, 0.05) is 5.69 Å². The number of aryl methyl sites for hydroxylation is 1. The van der Waals surface area contributed by atoms with Gasteiger partial charge >= 0.3 is 0 Å². The van der Waals surface area contributed by atoms with E-state index in [9.17, 15) is 15.2 Å². The van der Waals surface area contributed by atoms with E-state index in [4.69, 9.17) is 4.74 Å². The molecule has 0 heterocycles. The number of nitrogens with one attached hydrogen (secondary N) is 1. The molecule has 0 aromatic heterocycles. The van der Waals surface area contributed by atoms with Gasteiger partial charge in [-0.25, -0.2) is 0 Å². The Labute approximate surface area is 135 Å². The number of anilines is 1. The molecular formula is C18H18N2O3. The Kier molecular flexibility index (Phi) is 5.21. The molecule has 0 aliphatic heterocycles. The Morgan fingerprint density at radius 1 is 1.35 bits per heavy atom. The molecule has 0 saturated carbocycles. The smallest absolute Gasteiger partial charge is 0.242 e. The van der Waals surface area contributed by atoms with Crippen molar-refractivity contribution < 1.29 is 14.6 Å². The Balaban J connectivity index is 2.10. The highest BCUT2D eigenvalue weighted by atomic mass is 16.5. The second kappa shape index (κ2) is 7.32. The van der Waals surface area contributed by atoms with Crippen molar-refractivity contribution in [1.29, 1.82) is 5.26 Å². The van der Waals surface area contributed by atoms with Crippen LogP contribution in [0.3, 0.4) is 0 Å². The third kappa shape index (κ3) is 4.24. The van der Waals surface area contributed by atoms with Gasteiger partial charge in [-0.3, -0.25) is 4.79 Å². The summed E-state index contributed by atoms with van der Waals surface area (Å²) in [6.45, 7) is 1.93. The van der Waals surface area contributed by atoms with E-state index >= 15 is 0 Å². The summed E-state index contributed by atoms with van der Waals surface area (Å²) in [7, 11) is 1.45.